The van der Waals surface area contributed by atoms with Crippen molar-refractivity contribution in [2.45, 2.75) is 25.8 Å². The molecule has 1 rings (SSSR count). The molecule has 1 amide bonds. The molecule has 1 aromatic carbocycles. The molecule has 1 atom stereocenters. The van der Waals surface area contributed by atoms with Crippen molar-refractivity contribution in [3.05, 3.63) is 29.8 Å². The van der Waals surface area contributed by atoms with Crippen LogP contribution in [0.2, 0.25) is 0 Å². The molecule has 6 nitrogen and oxygen atoms in total. The quantitative estimate of drug-likeness (QED) is 0.616. The zero-order valence-electron chi connectivity index (χ0n) is 11.3. The standard InChI is InChI=1S/C14H19NO5/c1-2-20-8-7-13(17)15-12(14(18)19)9-10-3-5-11(16)6-4-10/h3-6,12,16H,2,7-9H2,1H3,(H,15,17)(H,18,19)/t12-/m1/s1. The van der Waals surface area contributed by atoms with Gasteiger partial charge < -0.3 is 20.3 Å². The third-order valence-corrected chi connectivity index (χ3v) is 2.69. The van der Waals surface area contributed by atoms with Gasteiger partial charge in [0, 0.05) is 19.4 Å². The third kappa shape index (κ3) is 5.71. The number of ether oxygens (including phenoxy) is 1. The molecule has 0 unspecified atom stereocenters. The van der Waals surface area contributed by atoms with Crippen molar-refractivity contribution in [1.29, 1.82) is 0 Å². The second-order valence-electron chi connectivity index (χ2n) is 4.28. The second kappa shape index (κ2) is 8.16. The van der Waals surface area contributed by atoms with E-state index in [0.717, 1.165) is 5.56 Å². The number of aliphatic carboxylic acids is 1. The second-order valence-corrected chi connectivity index (χ2v) is 4.28. The zero-order chi connectivity index (χ0) is 15.0. The van der Waals surface area contributed by atoms with Crippen LogP contribution in [0, 0.1) is 0 Å². The molecular formula is C14H19NO5. The van der Waals surface area contributed by atoms with Crippen LogP contribution in [-0.2, 0) is 20.7 Å². The van der Waals surface area contributed by atoms with E-state index in [2.05, 4.69) is 5.32 Å². The number of rotatable bonds is 8. The van der Waals surface area contributed by atoms with Gasteiger partial charge in [-0.25, -0.2) is 4.79 Å². The van der Waals surface area contributed by atoms with Gasteiger partial charge in [-0.2, -0.15) is 0 Å². The average Bonchev–Trinajstić information content (AvgIpc) is 2.40. The Labute approximate surface area is 117 Å². The highest BCUT2D eigenvalue weighted by Gasteiger charge is 2.20. The van der Waals surface area contributed by atoms with Gasteiger partial charge in [0.05, 0.1) is 6.61 Å². The number of amides is 1. The number of hydrogen-bond donors (Lipinski definition) is 3. The van der Waals surface area contributed by atoms with Crippen LogP contribution in [0.5, 0.6) is 5.75 Å². The topological polar surface area (TPSA) is 95.9 Å². The van der Waals surface area contributed by atoms with Crippen LogP contribution >= 0.6 is 0 Å². The van der Waals surface area contributed by atoms with E-state index in [-0.39, 0.29) is 31.1 Å². The summed E-state index contributed by atoms with van der Waals surface area (Å²) >= 11 is 0. The molecule has 6 heteroatoms. The first-order valence-corrected chi connectivity index (χ1v) is 6.40. The molecule has 0 aromatic heterocycles. The summed E-state index contributed by atoms with van der Waals surface area (Å²) in [5.41, 5.74) is 0.723. The van der Waals surface area contributed by atoms with Gasteiger partial charge in [0.25, 0.3) is 0 Å². The molecule has 20 heavy (non-hydrogen) atoms. The molecule has 0 aliphatic rings. The van der Waals surface area contributed by atoms with Gasteiger partial charge in [-0.1, -0.05) is 12.1 Å². The predicted molar refractivity (Wildman–Crippen MR) is 72.5 cm³/mol. The van der Waals surface area contributed by atoms with Crippen molar-refractivity contribution in [3.8, 4) is 5.75 Å². The first-order valence-electron chi connectivity index (χ1n) is 6.40. The molecule has 110 valence electrons. The number of carboxylic acid groups (broad SMARTS) is 1. The van der Waals surface area contributed by atoms with E-state index < -0.39 is 12.0 Å². The number of carbonyl (C=O) groups excluding carboxylic acids is 1. The Bertz CT molecular complexity index is 443. The molecule has 0 aliphatic heterocycles. The van der Waals surface area contributed by atoms with E-state index in [1.807, 2.05) is 6.92 Å². The highest BCUT2D eigenvalue weighted by molar-refractivity contribution is 5.83. The lowest BCUT2D eigenvalue weighted by molar-refractivity contribution is -0.141. The minimum atomic E-state index is -1.09. The number of phenolic OH excluding ortho intramolecular Hbond substituents is 1. The van der Waals surface area contributed by atoms with Crippen molar-refractivity contribution >= 4 is 11.9 Å². The molecule has 0 spiro atoms. The lowest BCUT2D eigenvalue weighted by Crippen LogP contribution is -2.42. The maximum Gasteiger partial charge on any atom is 0.326 e. The Balaban J connectivity index is 2.54. The number of phenols is 1. The van der Waals surface area contributed by atoms with Gasteiger partial charge in [-0.15, -0.1) is 0 Å². The van der Waals surface area contributed by atoms with Gasteiger partial charge >= 0.3 is 5.97 Å². The van der Waals surface area contributed by atoms with Gasteiger partial charge in [0.15, 0.2) is 0 Å². The van der Waals surface area contributed by atoms with E-state index in [1.165, 1.54) is 12.1 Å². The minimum Gasteiger partial charge on any atom is -0.508 e. The van der Waals surface area contributed by atoms with Crippen molar-refractivity contribution < 1.29 is 24.5 Å². The van der Waals surface area contributed by atoms with E-state index in [0.29, 0.717) is 6.61 Å². The summed E-state index contributed by atoms with van der Waals surface area (Å²) in [6, 6.07) is 5.21. The number of carbonyl (C=O) groups is 2. The number of nitrogens with one attached hydrogen (secondary N) is 1. The maximum absolute atomic E-state index is 11.6. The maximum atomic E-state index is 11.6. The smallest absolute Gasteiger partial charge is 0.326 e. The summed E-state index contributed by atoms with van der Waals surface area (Å²) in [6.07, 6.45) is 0.295. The summed E-state index contributed by atoms with van der Waals surface area (Å²) in [7, 11) is 0. The molecular weight excluding hydrogens is 262 g/mol. The molecule has 0 radical (unpaired) electrons. The fourth-order valence-electron chi connectivity index (χ4n) is 1.64. The Kier molecular flexibility index (Phi) is 6.52. The van der Waals surface area contributed by atoms with Gasteiger partial charge in [0.2, 0.25) is 5.91 Å². The Hall–Kier alpha value is -2.08. The highest BCUT2D eigenvalue weighted by atomic mass is 16.5. The van der Waals surface area contributed by atoms with Crippen LogP contribution in [0.1, 0.15) is 18.9 Å². The third-order valence-electron chi connectivity index (χ3n) is 2.69. The predicted octanol–water partition coefficient (Wildman–Crippen LogP) is 0.931. The number of benzene rings is 1. The van der Waals surface area contributed by atoms with E-state index >= 15 is 0 Å². The van der Waals surface area contributed by atoms with Crippen molar-refractivity contribution in [3.63, 3.8) is 0 Å². The van der Waals surface area contributed by atoms with E-state index in [1.54, 1.807) is 12.1 Å². The van der Waals surface area contributed by atoms with Crippen LogP contribution in [0.4, 0.5) is 0 Å². The fraction of sp³-hybridized carbons (Fsp3) is 0.429. The highest BCUT2D eigenvalue weighted by Crippen LogP contribution is 2.11. The Morgan fingerprint density at radius 1 is 1.30 bits per heavy atom. The molecule has 0 bridgehead atoms. The normalized spacial score (nSPS) is 11.8. The molecule has 0 saturated heterocycles. The largest absolute Gasteiger partial charge is 0.508 e. The monoisotopic (exact) mass is 281 g/mol. The Morgan fingerprint density at radius 2 is 1.95 bits per heavy atom. The molecule has 0 saturated carbocycles. The van der Waals surface area contributed by atoms with Crippen LogP contribution < -0.4 is 5.32 Å². The van der Waals surface area contributed by atoms with E-state index in [4.69, 9.17) is 14.9 Å². The Morgan fingerprint density at radius 3 is 2.50 bits per heavy atom. The average molecular weight is 281 g/mol. The minimum absolute atomic E-state index is 0.112. The molecule has 3 N–H and O–H groups in total. The fourth-order valence-corrected chi connectivity index (χ4v) is 1.64. The first-order chi connectivity index (χ1) is 9.52. The van der Waals surface area contributed by atoms with Gasteiger partial charge in [-0.05, 0) is 24.6 Å². The lowest BCUT2D eigenvalue weighted by Gasteiger charge is -2.14. The lowest BCUT2D eigenvalue weighted by atomic mass is 10.1. The SMILES string of the molecule is CCOCCC(=O)N[C@H](Cc1ccc(O)cc1)C(=O)O. The van der Waals surface area contributed by atoms with Crippen molar-refractivity contribution in [2.24, 2.45) is 0 Å². The summed E-state index contributed by atoms with van der Waals surface area (Å²) < 4.78 is 5.04. The van der Waals surface area contributed by atoms with Gasteiger partial charge in [0.1, 0.15) is 11.8 Å². The van der Waals surface area contributed by atoms with Crippen molar-refractivity contribution in [1.82, 2.24) is 5.32 Å². The molecule has 1 aromatic rings. The summed E-state index contributed by atoms with van der Waals surface area (Å²) in [5.74, 6) is -1.34. The zero-order valence-corrected chi connectivity index (χ0v) is 11.3. The van der Waals surface area contributed by atoms with E-state index in [9.17, 15) is 9.59 Å². The first kappa shape index (κ1) is 16.0. The summed E-state index contributed by atoms with van der Waals surface area (Å²) in [6.45, 7) is 2.61. The van der Waals surface area contributed by atoms with Gasteiger partial charge in [-0.3, -0.25) is 4.79 Å². The van der Waals surface area contributed by atoms with Crippen LogP contribution in [0.3, 0.4) is 0 Å². The summed E-state index contributed by atoms with van der Waals surface area (Å²) in [5, 5.41) is 20.7. The summed E-state index contributed by atoms with van der Waals surface area (Å²) in [4.78, 5) is 22.7. The van der Waals surface area contributed by atoms with Crippen LogP contribution in [0.15, 0.2) is 24.3 Å². The van der Waals surface area contributed by atoms with Crippen LogP contribution in [0.25, 0.3) is 0 Å². The number of carboxylic acids is 1. The number of hydrogen-bond acceptors (Lipinski definition) is 4. The molecule has 0 heterocycles. The molecule has 0 aliphatic carbocycles. The molecule has 0 fully saturated rings. The van der Waals surface area contributed by atoms with Crippen molar-refractivity contribution in [2.75, 3.05) is 13.2 Å². The number of aromatic hydroxyl groups is 1. The van der Waals surface area contributed by atoms with Crippen LogP contribution in [-0.4, -0.2) is 41.3 Å².